The summed E-state index contributed by atoms with van der Waals surface area (Å²) in [7, 11) is 0. The summed E-state index contributed by atoms with van der Waals surface area (Å²) < 4.78 is 16.9. The molecule has 4 nitrogen and oxygen atoms in total. The van der Waals surface area contributed by atoms with Crippen LogP contribution in [0.25, 0.3) is 0 Å². The van der Waals surface area contributed by atoms with E-state index in [1.807, 2.05) is 36.4 Å². The van der Waals surface area contributed by atoms with Gasteiger partial charge in [-0.25, -0.2) is 0 Å². The fourth-order valence-corrected chi connectivity index (χ4v) is 0.625. The van der Waals surface area contributed by atoms with E-state index in [0.29, 0.717) is 0 Å². The smallest absolute Gasteiger partial charge is 0.0267 e. The average molecular weight is 278 g/mol. The van der Waals surface area contributed by atoms with Crippen LogP contribution >= 0.6 is 12.4 Å². The fourth-order valence-electron chi connectivity index (χ4n) is 0.625. The quantitative estimate of drug-likeness (QED) is 0.741. The summed E-state index contributed by atoms with van der Waals surface area (Å²) in [5.41, 5.74) is 0. The molecule has 0 N–H and O–H groups in total. The maximum Gasteiger partial charge on any atom is 0.0267 e. The Hall–Kier alpha value is -1.23. The van der Waals surface area contributed by atoms with Gasteiger partial charge in [0.15, 0.2) is 0 Å². The maximum absolute atomic E-state index is 8.47. The molecule has 0 aliphatic carbocycles. The van der Waals surface area contributed by atoms with Crippen molar-refractivity contribution in [2.45, 2.75) is 0 Å². The van der Waals surface area contributed by atoms with E-state index in [4.69, 9.17) is 7.35 Å². The largest absolute Gasteiger partial charge is 0.265 e. The van der Waals surface area contributed by atoms with Crippen molar-refractivity contribution in [3.05, 3.63) is 61.2 Å². The van der Waals surface area contributed by atoms with Crippen molar-refractivity contribution in [3.63, 3.8) is 0 Å². The molecule has 0 aromatic carbocycles. The van der Waals surface area contributed by atoms with Crippen molar-refractivity contribution in [2.75, 3.05) is 0 Å². The summed E-state index contributed by atoms with van der Waals surface area (Å²) in [4.78, 5) is 7.57. The molecule has 6 heteroatoms. The number of hydrogen-bond donors (Lipinski definition) is 0. The molecule has 85 valence electrons. The second-order valence-corrected chi connectivity index (χ2v) is 2.36. The monoisotopic (exact) mass is 277 g/mol. The first-order valence-electron chi connectivity index (χ1n) is 4.06. The molecule has 2 aromatic rings. The molecule has 0 amide bonds. The van der Waals surface area contributed by atoms with Gasteiger partial charge in [-0.15, -0.1) is 12.4 Å². The minimum absolute atomic E-state index is 0. The molecular formula is C10H11ClN2O2V. The number of halogens is 1. The molecule has 2 aromatic heterocycles. The second kappa shape index (κ2) is 16.2. The molecule has 0 bridgehead atoms. The SMILES string of the molecule is Cl.[O]=[V]=[O].c1ccncc1.c1ccncc1. The van der Waals surface area contributed by atoms with Gasteiger partial charge in [0.2, 0.25) is 0 Å². The summed E-state index contributed by atoms with van der Waals surface area (Å²) in [6.45, 7) is 0. The zero-order chi connectivity index (χ0) is 11.2. The van der Waals surface area contributed by atoms with Gasteiger partial charge in [-0.1, -0.05) is 12.1 Å². The zero-order valence-corrected chi connectivity index (χ0v) is 10.6. The van der Waals surface area contributed by atoms with Gasteiger partial charge in [0.1, 0.15) is 0 Å². The first kappa shape index (κ1) is 17.2. The van der Waals surface area contributed by atoms with Gasteiger partial charge in [0, 0.05) is 24.8 Å². The van der Waals surface area contributed by atoms with E-state index in [2.05, 4.69) is 9.97 Å². The Balaban J connectivity index is 0. The first-order chi connectivity index (χ1) is 7.41. The Kier molecular flexibility index (Phi) is 17.4. The number of pyridine rings is 2. The standard InChI is InChI=1S/2C5H5N.ClH.2O.V/c2*1-2-4-6-5-3-1;;;;/h2*1-5H;1H;;;. The minimum Gasteiger partial charge on any atom is -0.265 e. The molecule has 0 aliphatic rings. The van der Waals surface area contributed by atoms with Gasteiger partial charge >= 0.3 is 23.5 Å². The van der Waals surface area contributed by atoms with Crippen molar-refractivity contribution in [3.8, 4) is 0 Å². The minimum atomic E-state index is -1.81. The average Bonchev–Trinajstić information content (AvgIpc) is 2.35. The van der Waals surface area contributed by atoms with Crippen LogP contribution < -0.4 is 0 Å². The predicted octanol–water partition coefficient (Wildman–Crippen LogP) is 2.34. The molecule has 2 heterocycles. The molecule has 0 spiro atoms. The van der Waals surface area contributed by atoms with Crippen LogP contribution in [0.1, 0.15) is 0 Å². The van der Waals surface area contributed by atoms with Gasteiger partial charge in [-0.3, -0.25) is 9.97 Å². The van der Waals surface area contributed by atoms with E-state index in [0.717, 1.165) is 0 Å². The van der Waals surface area contributed by atoms with Gasteiger partial charge in [0.25, 0.3) is 0 Å². The summed E-state index contributed by atoms with van der Waals surface area (Å²) in [5.74, 6) is 0. The third-order valence-corrected chi connectivity index (χ3v) is 1.13. The van der Waals surface area contributed by atoms with Crippen molar-refractivity contribution in [1.29, 1.82) is 0 Å². The molecule has 0 radical (unpaired) electrons. The van der Waals surface area contributed by atoms with Gasteiger partial charge in [-0.2, -0.15) is 0 Å². The number of aromatic nitrogens is 2. The van der Waals surface area contributed by atoms with Crippen LogP contribution in [0.3, 0.4) is 0 Å². The number of nitrogens with zero attached hydrogens (tertiary/aromatic N) is 2. The third kappa shape index (κ3) is 15.3. The normalized spacial score (nSPS) is 6.50. The van der Waals surface area contributed by atoms with E-state index >= 15 is 0 Å². The van der Waals surface area contributed by atoms with Crippen LogP contribution in [0.2, 0.25) is 0 Å². The summed E-state index contributed by atoms with van der Waals surface area (Å²) in [6, 6.07) is 11.4. The van der Waals surface area contributed by atoms with Crippen molar-refractivity contribution in [1.82, 2.24) is 9.97 Å². The third-order valence-electron chi connectivity index (χ3n) is 1.13. The molecule has 2 rings (SSSR count). The number of hydrogen-bond acceptors (Lipinski definition) is 4. The van der Waals surface area contributed by atoms with E-state index < -0.39 is 16.2 Å². The van der Waals surface area contributed by atoms with Crippen molar-refractivity contribution < 1.29 is 23.5 Å². The second-order valence-electron chi connectivity index (χ2n) is 2.12. The van der Waals surface area contributed by atoms with E-state index in [1.54, 1.807) is 24.8 Å². The van der Waals surface area contributed by atoms with E-state index in [1.165, 1.54) is 0 Å². The molecule has 16 heavy (non-hydrogen) atoms. The molecule has 0 fully saturated rings. The molecule has 0 saturated carbocycles. The Morgan fingerprint density at radius 1 is 0.625 bits per heavy atom. The Morgan fingerprint density at radius 2 is 0.875 bits per heavy atom. The van der Waals surface area contributed by atoms with Crippen LogP contribution in [0.15, 0.2) is 61.2 Å². The van der Waals surface area contributed by atoms with Gasteiger partial charge in [0.05, 0.1) is 0 Å². The Bertz CT molecular complexity index is 271. The fraction of sp³-hybridized carbons (Fsp3) is 0. The van der Waals surface area contributed by atoms with Crippen LogP contribution in [0.4, 0.5) is 0 Å². The molecular weight excluding hydrogens is 267 g/mol. The maximum atomic E-state index is 8.47. The molecule has 0 atom stereocenters. The zero-order valence-electron chi connectivity index (χ0n) is 8.34. The van der Waals surface area contributed by atoms with Crippen LogP contribution in [0, 0.1) is 0 Å². The van der Waals surface area contributed by atoms with Crippen LogP contribution in [-0.4, -0.2) is 9.97 Å². The molecule has 0 aliphatic heterocycles. The summed E-state index contributed by atoms with van der Waals surface area (Å²) in [5, 5.41) is 0. The van der Waals surface area contributed by atoms with Crippen LogP contribution in [0.5, 0.6) is 0 Å². The van der Waals surface area contributed by atoms with Crippen molar-refractivity contribution >= 4 is 12.4 Å². The van der Waals surface area contributed by atoms with E-state index in [9.17, 15) is 0 Å². The number of rotatable bonds is 0. The van der Waals surface area contributed by atoms with E-state index in [-0.39, 0.29) is 12.4 Å². The van der Waals surface area contributed by atoms with Crippen molar-refractivity contribution in [2.24, 2.45) is 0 Å². The van der Waals surface area contributed by atoms with Gasteiger partial charge < -0.3 is 0 Å². The summed E-state index contributed by atoms with van der Waals surface area (Å²) in [6.07, 6.45) is 7.00. The topological polar surface area (TPSA) is 59.9 Å². The first-order valence-corrected chi connectivity index (χ1v) is 5.21. The Morgan fingerprint density at radius 3 is 0.938 bits per heavy atom. The van der Waals surface area contributed by atoms with Crippen LogP contribution in [-0.2, 0) is 23.5 Å². The molecule has 0 unspecified atom stereocenters. The predicted molar refractivity (Wildman–Crippen MR) is 57.1 cm³/mol. The van der Waals surface area contributed by atoms with Gasteiger partial charge in [-0.05, 0) is 24.3 Å². The Labute approximate surface area is 107 Å². The molecule has 0 saturated heterocycles. The summed E-state index contributed by atoms with van der Waals surface area (Å²) >= 11 is -1.81.